The summed E-state index contributed by atoms with van der Waals surface area (Å²) in [4.78, 5) is 16.9. The molecule has 0 radical (unpaired) electrons. The maximum atomic E-state index is 11.7. The lowest BCUT2D eigenvalue weighted by Gasteiger charge is -2.33. The second-order valence-electron chi connectivity index (χ2n) is 28.2. The van der Waals surface area contributed by atoms with E-state index in [1.165, 1.54) is 182 Å². The van der Waals surface area contributed by atoms with Crippen molar-refractivity contribution in [1.29, 1.82) is 0 Å². The Kier molecular flexibility index (Phi) is 42.3. The van der Waals surface area contributed by atoms with E-state index in [9.17, 15) is 4.79 Å². The Bertz CT molecular complexity index is 2190. The van der Waals surface area contributed by atoms with Crippen LogP contribution >= 0.6 is 11.6 Å². The molecule has 0 N–H and O–H groups in total. The first-order chi connectivity index (χ1) is 41.0. The summed E-state index contributed by atoms with van der Waals surface area (Å²) in [7, 11) is 0. The molecule has 1 aromatic heterocycles. The van der Waals surface area contributed by atoms with Crippen LogP contribution in [0.1, 0.15) is 287 Å². The molecule has 3 aliphatic carbocycles. The van der Waals surface area contributed by atoms with Crippen LogP contribution in [-0.2, 0) is 9.53 Å². The quantitative estimate of drug-likeness (QED) is 0.123. The van der Waals surface area contributed by atoms with E-state index in [1.54, 1.807) is 24.3 Å². The highest BCUT2D eigenvalue weighted by Gasteiger charge is 2.19. The Morgan fingerprint density at radius 3 is 1.43 bits per heavy atom. The number of halogens is 1. The van der Waals surface area contributed by atoms with Crippen LogP contribution in [-0.4, -0.2) is 86.3 Å². The van der Waals surface area contributed by atoms with Crippen molar-refractivity contribution >= 4 is 23.5 Å². The minimum atomic E-state index is 0.0858. The van der Waals surface area contributed by atoms with Crippen molar-refractivity contribution in [1.82, 2.24) is 30.0 Å². The predicted molar refractivity (Wildman–Crippen MR) is 375 cm³/mol. The molecule has 0 bridgehead atoms. The minimum Gasteiger partial charge on any atom is -0.376 e. The zero-order valence-electron chi connectivity index (χ0n) is 58.6. The average molecular weight is 1210 g/mol. The zero-order chi connectivity index (χ0) is 63.8. The van der Waals surface area contributed by atoms with Gasteiger partial charge in [-0.3, -0.25) is 4.79 Å². The molecule has 0 atom stereocenters. The number of ether oxygens (including phenoxy) is 1. The van der Waals surface area contributed by atoms with Crippen LogP contribution in [0.3, 0.4) is 0 Å². The van der Waals surface area contributed by atoms with E-state index in [4.69, 9.17) is 16.3 Å². The fourth-order valence-corrected chi connectivity index (χ4v) is 11.9. The maximum absolute atomic E-state index is 11.7. The number of likely N-dealkylation sites (tertiary alicyclic amines) is 2. The second-order valence-corrected chi connectivity index (χ2v) is 28.7. The number of tetrazole rings is 1. The molecule has 3 aromatic carbocycles. The number of benzene rings is 3. The monoisotopic (exact) mass is 1210 g/mol. The van der Waals surface area contributed by atoms with Crippen molar-refractivity contribution in [3.8, 4) is 5.69 Å². The summed E-state index contributed by atoms with van der Waals surface area (Å²) in [6.45, 7) is 45.4. The van der Waals surface area contributed by atoms with Gasteiger partial charge in [-0.1, -0.05) is 238 Å². The fourth-order valence-electron chi connectivity index (χ4n) is 11.7. The first kappa shape index (κ1) is 78.4. The van der Waals surface area contributed by atoms with Gasteiger partial charge in [0.15, 0.2) is 5.78 Å². The second kappa shape index (κ2) is 46.4. The Balaban J connectivity index is 0.000000342. The number of rotatable bonds is 13. The van der Waals surface area contributed by atoms with Crippen LogP contribution in [0.15, 0.2) is 85.2 Å². The molecule has 0 unspecified atom stereocenters. The van der Waals surface area contributed by atoms with E-state index in [1.807, 2.05) is 26.0 Å². The highest BCUT2D eigenvalue weighted by molar-refractivity contribution is 6.30. The number of nitrogens with zero attached hydrogens (tertiary/aromatic N) is 6. The molecule has 9 heteroatoms. The smallest absolute Gasteiger partial charge is 0.155 e. The summed E-state index contributed by atoms with van der Waals surface area (Å²) < 4.78 is 7.22. The molecule has 488 valence electrons. The summed E-state index contributed by atoms with van der Waals surface area (Å²) in [5.41, 5.74) is 5.74. The summed E-state index contributed by atoms with van der Waals surface area (Å²) in [5.74, 6) is 6.68. The number of carbonyl (C=O) groups excluding carboxylic acids is 1. The molecule has 2 saturated heterocycles. The van der Waals surface area contributed by atoms with Crippen LogP contribution in [0.25, 0.3) is 11.8 Å². The van der Waals surface area contributed by atoms with E-state index in [-0.39, 0.29) is 5.78 Å². The van der Waals surface area contributed by atoms with Crippen molar-refractivity contribution in [3.63, 3.8) is 0 Å². The minimum absolute atomic E-state index is 0.0858. The fraction of sp³-hybridized carbons (Fsp3) is 0.714. The molecule has 2 aliphatic heterocycles. The molecular weight excluding hydrogens is 1080 g/mol. The van der Waals surface area contributed by atoms with Crippen molar-refractivity contribution < 1.29 is 9.53 Å². The largest absolute Gasteiger partial charge is 0.376 e. The van der Waals surface area contributed by atoms with Crippen LogP contribution in [0.2, 0.25) is 5.02 Å². The lowest BCUT2D eigenvalue weighted by atomic mass is 9.82. The van der Waals surface area contributed by atoms with Gasteiger partial charge in [-0.05, 0) is 212 Å². The van der Waals surface area contributed by atoms with Gasteiger partial charge in [-0.2, -0.15) is 4.68 Å². The van der Waals surface area contributed by atoms with E-state index in [2.05, 4.69) is 185 Å². The van der Waals surface area contributed by atoms with E-state index in [0.717, 1.165) is 52.9 Å². The molecule has 3 saturated carbocycles. The van der Waals surface area contributed by atoms with Crippen molar-refractivity contribution in [2.45, 2.75) is 296 Å². The Hall–Kier alpha value is -3.69. The summed E-state index contributed by atoms with van der Waals surface area (Å²) in [6.07, 6.45) is 35.1. The number of piperidine rings is 2. The molecule has 5 fully saturated rings. The van der Waals surface area contributed by atoms with Crippen molar-refractivity contribution in [2.24, 2.45) is 35.5 Å². The number of carbonyl (C=O) groups is 1. The van der Waals surface area contributed by atoms with Crippen molar-refractivity contribution in [2.75, 3.05) is 26.2 Å². The highest BCUT2D eigenvalue weighted by Crippen LogP contribution is 2.30. The first-order valence-corrected chi connectivity index (χ1v) is 35.3. The maximum Gasteiger partial charge on any atom is 0.155 e. The average Bonchev–Trinajstić information content (AvgIpc) is 4.24. The van der Waals surface area contributed by atoms with Gasteiger partial charge in [-0.25, -0.2) is 0 Å². The lowest BCUT2D eigenvalue weighted by molar-refractivity contribution is -0.115. The van der Waals surface area contributed by atoms with Gasteiger partial charge in [0.05, 0.1) is 17.9 Å². The molecule has 3 heterocycles. The Morgan fingerprint density at radius 1 is 0.570 bits per heavy atom. The van der Waals surface area contributed by atoms with Crippen LogP contribution in [0.4, 0.5) is 0 Å². The van der Waals surface area contributed by atoms with E-state index in [0.29, 0.717) is 41.4 Å². The van der Waals surface area contributed by atoms with Gasteiger partial charge < -0.3 is 14.5 Å². The number of hydrogen-bond donors (Lipinski definition) is 0. The van der Waals surface area contributed by atoms with Crippen molar-refractivity contribution in [3.05, 3.63) is 112 Å². The van der Waals surface area contributed by atoms with Gasteiger partial charge in [0.1, 0.15) is 6.33 Å². The summed E-state index contributed by atoms with van der Waals surface area (Å²) in [5, 5.41) is 11.7. The number of aromatic nitrogens is 4. The number of ketones is 1. The third-order valence-corrected chi connectivity index (χ3v) is 18.0. The summed E-state index contributed by atoms with van der Waals surface area (Å²) >= 11 is 6.00. The van der Waals surface area contributed by atoms with Gasteiger partial charge in [-0.15, -0.1) is 5.10 Å². The van der Waals surface area contributed by atoms with Gasteiger partial charge in [0.25, 0.3) is 0 Å². The van der Waals surface area contributed by atoms with E-state index >= 15 is 0 Å². The third kappa shape index (κ3) is 36.7. The van der Waals surface area contributed by atoms with Gasteiger partial charge >= 0.3 is 0 Å². The Morgan fingerprint density at radius 2 is 1.03 bits per heavy atom. The van der Waals surface area contributed by atoms with Crippen LogP contribution < -0.4 is 0 Å². The highest BCUT2D eigenvalue weighted by atomic mass is 35.5. The molecule has 5 aliphatic rings. The molecule has 4 aromatic rings. The first-order valence-electron chi connectivity index (χ1n) is 35.0. The van der Waals surface area contributed by atoms with Crippen LogP contribution in [0, 0.1) is 42.4 Å². The Labute approximate surface area is 535 Å². The molecule has 86 heavy (non-hydrogen) atoms. The lowest BCUT2D eigenvalue weighted by Crippen LogP contribution is -2.37. The molecular formula is C77H131ClN6O2. The zero-order valence-corrected chi connectivity index (χ0v) is 59.4. The molecule has 9 rings (SSSR count). The predicted octanol–water partition coefficient (Wildman–Crippen LogP) is 22.1. The van der Waals surface area contributed by atoms with Crippen LogP contribution in [0.5, 0.6) is 0 Å². The molecule has 0 spiro atoms. The number of allylic oxidation sites excluding steroid dienone is 1. The summed E-state index contributed by atoms with van der Waals surface area (Å²) in [6, 6.07) is 26.1. The number of aryl methyl sites for hydroxylation is 1. The topological polar surface area (TPSA) is 76.4 Å². The van der Waals surface area contributed by atoms with E-state index < -0.39 is 0 Å². The van der Waals surface area contributed by atoms with Gasteiger partial charge in [0.2, 0.25) is 0 Å². The molecule has 8 nitrogen and oxygen atoms in total. The third-order valence-electron chi connectivity index (χ3n) is 17.7. The number of hydrogen-bond acceptors (Lipinski definition) is 7. The van der Waals surface area contributed by atoms with Gasteiger partial charge in [0, 0.05) is 29.1 Å². The normalized spacial score (nSPS) is 17.5. The molecule has 0 amide bonds. The SMILES string of the molecule is CC(C)C1CCCCC1.CC(C)C1CCCCC1.CC(C)CC(=O)/C=C/c1cc(Cl)ccc1-n1cnnn1.CC(C)N1CCCCC1.CC(C)OC1CCCCC1.CC(C)c1ccccc1.CC1CCN(C(C)C)CC1.Cc1ccc(C(C)C)cc1. The standard InChI is InChI=1S/C14H15ClN4O.C10H14.C9H19N.C9H18O.2C9H18.C9H12.C8H17N/c1-10(2)7-13(20)5-3-11-8-12(15)4-6-14(11)19-9-16-17-18-19;2*1-8(2)10-6-4-9(3)5-7-10;1-8(2)10-9-6-4-3-5-7-9;4*1-8(2)9-6-4-3-5-7-9/h3-6,8-10H,7H2,1-2H3;4-8H,1-3H3;8-9H,4-7H2,1-3H3;8-9H,3-7H2,1-2H3;2*8-9H,3-7H2,1-2H3;3-8H,1-2H3;8H,3-7H2,1-2H3/b5-3+;;;;;;;.